The topological polar surface area (TPSA) is 30.5 Å². The maximum atomic E-state index is 7.72. The van der Waals surface area contributed by atoms with Gasteiger partial charge in [-0.2, -0.15) is 0 Å². The Bertz CT molecular complexity index is 6120. The summed E-state index contributed by atoms with van der Waals surface area (Å²) >= 11 is 0. The van der Waals surface area contributed by atoms with Gasteiger partial charge in [-0.1, -0.05) is 266 Å². The lowest BCUT2D eigenvalue weighted by molar-refractivity contribution is 0.488. The van der Waals surface area contributed by atoms with Gasteiger partial charge < -0.3 is 18.6 Å². The van der Waals surface area contributed by atoms with Crippen molar-refractivity contribution < 1.29 is 9.15 Å². The van der Waals surface area contributed by atoms with E-state index in [-0.39, 0.29) is 17.5 Å². The van der Waals surface area contributed by atoms with Gasteiger partial charge in [0.05, 0.1) is 16.7 Å². The summed E-state index contributed by atoms with van der Waals surface area (Å²) in [6.45, 7) is 13.7. The molecule has 2 aliphatic heterocycles. The smallest absolute Gasteiger partial charge is 0.256 e. The molecule has 0 radical (unpaired) electrons. The molecule has 0 spiro atoms. The van der Waals surface area contributed by atoms with Crippen molar-refractivity contribution in [2.24, 2.45) is 0 Å². The van der Waals surface area contributed by atoms with Crippen LogP contribution in [0.25, 0.3) is 138 Å². The highest BCUT2D eigenvalue weighted by atomic mass is 16.5. The molecule has 0 bridgehead atoms. The third-order valence-electron chi connectivity index (χ3n) is 21.5. The molecule has 103 heavy (non-hydrogen) atoms. The minimum atomic E-state index is -0.300. The zero-order chi connectivity index (χ0) is 69.2. The Balaban J connectivity index is 0.933. The molecule has 4 nitrogen and oxygen atoms in total. The van der Waals surface area contributed by atoms with Gasteiger partial charge in [0.15, 0.2) is 0 Å². The van der Waals surface area contributed by atoms with E-state index in [1.165, 1.54) is 38.5 Å². The molecule has 490 valence electrons. The molecule has 0 unspecified atom stereocenters. The van der Waals surface area contributed by atoms with Crippen LogP contribution in [0, 0.1) is 0 Å². The number of aromatic nitrogens is 1. The van der Waals surface area contributed by atoms with Crippen LogP contribution in [0.3, 0.4) is 0 Å². The zero-order valence-corrected chi connectivity index (χ0v) is 58.5. The minimum absolute atomic E-state index is 0.0621. The van der Waals surface area contributed by atoms with Crippen molar-refractivity contribution in [1.29, 1.82) is 0 Å². The van der Waals surface area contributed by atoms with Crippen molar-refractivity contribution in [2.45, 2.75) is 52.4 Å². The molecule has 2 aliphatic rings. The standard InChI is InChI=1S/C98H73BN2O2/c1-97(2,3)74-36-25-37-76(59-74)100-85-43-22-19-38-79(85)93-77(40-26-45-87(93)100)81-60-75(98(4,5)6)61-82(78-41-27-47-91-94(78)80-39-20-24-46-89(80)102-91)96(81)101-86-44-23-21-42-83(86)99-84-56-66(71-52-67(62-28-11-7-12-29-62)50-68(53-71)63-30-13-8-14-31-63)48-49-90(84)103-92-58-73(57-88(101)95(92)99)72-54-69(64-32-15-9-16-33-64)51-70(55-72)65-34-17-10-18-35-65/h7-61H,1-6H3. The third kappa shape index (κ3) is 10.5. The van der Waals surface area contributed by atoms with E-state index in [4.69, 9.17) is 9.15 Å². The number of nitrogens with zero attached hydrogens (tertiary/aromatic N) is 2. The highest BCUT2D eigenvalue weighted by Gasteiger charge is 2.44. The van der Waals surface area contributed by atoms with Crippen LogP contribution >= 0.6 is 0 Å². The Morgan fingerprint density at radius 1 is 0.291 bits per heavy atom. The van der Waals surface area contributed by atoms with Crippen LogP contribution in [0.1, 0.15) is 52.7 Å². The summed E-state index contributed by atoms with van der Waals surface area (Å²) in [5.74, 6) is 1.66. The van der Waals surface area contributed by atoms with Crippen molar-refractivity contribution in [1.82, 2.24) is 4.57 Å². The van der Waals surface area contributed by atoms with E-state index in [2.05, 4.69) is 385 Å². The van der Waals surface area contributed by atoms with Crippen molar-refractivity contribution in [3.05, 3.63) is 345 Å². The van der Waals surface area contributed by atoms with Gasteiger partial charge in [-0.05, 0) is 225 Å². The van der Waals surface area contributed by atoms with Crippen molar-refractivity contribution in [2.75, 3.05) is 4.90 Å². The lowest BCUT2D eigenvalue weighted by Gasteiger charge is -2.42. The fraction of sp³-hybridized carbons (Fsp3) is 0.0816. The number of furan rings is 1. The first-order valence-electron chi connectivity index (χ1n) is 36.0. The number of hydrogen-bond acceptors (Lipinski definition) is 3. The van der Waals surface area contributed by atoms with Gasteiger partial charge in [-0.25, -0.2) is 0 Å². The lowest BCUT2D eigenvalue weighted by Crippen LogP contribution is -2.59. The molecule has 17 aromatic rings. The van der Waals surface area contributed by atoms with Crippen molar-refractivity contribution >= 4 is 83.9 Å². The molecule has 0 atom stereocenters. The molecule has 0 aliphatic carbocycles. The van der Waals surface area contributed by atoms with Gasteiger partial charge in [0.25, 0.3) is 6.71 Å². The van der Waals surface area contributed by atoms with Crippen LogP contribution in [0.5, 0.6) is 11.5 Å². The summed E-state index contributed by atoms with van der Waals surface area (Å²) in [4.78, 5) is 2.64. The predicted molar refractivity (Wildman–Crippen MR) is 435 cm³/mol. The molecular weight excluding hydrogens is 1250 g/mol. The number of benzene rings is 15. The average Bonchev–Trinajstić information content (AvgIpc) is 1.34. The van der Waals surface area contributed by atoms with Crippen LogP contribution in [0.15, 0.2) is 338 Å². The Morgan fingerprint density at radius 3 is 1.39 bits per heavy atom. The fourth-order valence-corrected chi connectivity index (χ4v) is 16.4. The van der Waals surface area contributed by atoms with Gasteiger partial charge in [0, 0.05) is 49.7 Å². The summed E-state index contributed by atoms with van der Waals surface area (Å²) in [5, 5.41) is 4.52. The fourth-order valence-electron chi connectivity index (χ4n) is 16.4. The molecule has 4 heterocycles. The van der Waals surface area contributed by atoms with Crippen molar-refractivity contribution in [3.63, 3.8) is 0 Å². The summed E-state index contributed by atoms with van der Waals surface area (Å²) in [6, 6.07) is 124. The monoisotopic (exact) mass is 1320 g/mol. The number of anilines is 3. The molecular formula is C98H73BN2O2. The van der Waals surface area contributed by atoms with E-state index in [0.717, 1.165) is 156 Å². The number of fused-ring (bicyclic) bond motifs is 10. The molecule has 2 aromatic heterocycles. The second-order valence-electron chi connectivity index (χ2n) is 30.0. The Hall–Kier alpha value is -12.4. The molecule has 0 fully saturated rings. The first-order chi connectivity index (χ1) is 50.3. The molecule has 0 N–H and O–H groups in total. The molecule has 5 heteroatoms. The molecule has 0 amide bonds. The highest BCUT2D eigenvalue weighted by molar-refractivity contribution is 6.99. The van der Waals surface area contributed by atoms with Crippen LogP contribution in [-0.2, 0) is 10.8 Å². The van der Waals surface area contributed by atoms with Gasteiger partial charge in [0.1, 0.15) is 22.7 Å². The van der Waals surface area contributed by atoms with Gasteiger partial charge in [0.2, 0.25) is 0 Å². The second-order valence-corrected chi connectivity index (χ2v) is 30.0. The number of para-hydroxylation sites is 3. The third-order valence-corrected chi connectivity index (χ3v) is 21.5. The predicted octanol–water partition coefficient (Wildman–Crippen LogP) is 25.0. The second kappa shape index (κ2) is 24.1. The Kier molecular flexibility index (Phi) is 14.5. The van der Waals surface area contributed by atoms with Crippen molar-refractivity contribution in [3.8, 4) is 106 Å². The SMILES string of the molecule is CC(C)(C)c1cccc(-n2c3ccccc3c3c(-c4cc(C(C)(C)C)cc(-c5cccc6oc7ccccc7c56)c4N4c5ccccc5B5c6cc(-c7cc(-c8ccccc8)cc(-c8ccccc8)c7)ccc6Oc6cc(-c7cc(-c8ccccc8)cc(-c8ccccc8)c7)cc4c65)cccc32)c1. The van der Waals surface area contributed by atoms with E-state index in [1.54, 1.807) is 0 Å². The first kappa shape index (κ1) is 61.6. The largest absolute Gasteiger partial charge is 0.458 e. The summed E-state index contributed by atoms with van der Waals surface area (Å²) in [5.41, 5.74) is 31.9. The lowest BCUT2D eigenvalue weighted by atomic mass is 9.34. The first-order valence-corrected chi connectivity index (χ1v) is 36.0. The molecule has 0 saturated heterocycles. The maximum absolute atomic E-state index is 7.72. The Labute approximate surface area is 602 Å². The molecule has 19 rings (SSSR count). The summed E-state index contributed by atoms with van der Waals surface area (Å²) in [7, 11) is 0. The van der Waals surface area contributed by atoms with Gasteiger partial charge in [-0.3, -0.25) is 0 Å². The van der Waals surface area contributed by atoms with E-state index in [9.17, 15) is 0 Å². The zero-order valence-electron chi connectivity index (χ0n) is 58.5. The normalized spacial score (nSPS) is 12.6. The number of hydrogen-bond donors (Lipinski definition) is 0. The maximum Gasteiger partial charge on any atom is 0.256 e. The molecule has 0 saturated carbocycles. The minimum Gasteiger partial charge on any atom is -0.458 e. The Morgan fingerprint density at radius 2 is 0.777 bits per heavy atom. The van der Waals surface area contributed by atoms with E-state index >= 15 is 0 Å². The van der Waals surface area contributed by atoms with E-state index < -0.39 is 0 Å². The van der Waals surface area contributed by atoms with E-state index in [1.807, 2.05) is 0 Å². The van der Waals surface area contributed by atoms with Crippen LogP contribution in [0.2, 0.25) is 0 Å². The summed E-state index contributed by atoms with van der Waals surface area (Å²) < 4.78 is 17.1. The van der Waals surface area contributed by atoms with Crippen LogP contribution < -0.4 is 26.0 Å². The molecule has 15 aromatic carbocycles. The van der Waals surface area contributed by atoms with Gasteiger partial charge in [-0.15, -0.1) is 0 Å². The quantitative estimate of drug-likeness (QED) is 0.128. The van der Waals surface area contributed by atoms with E-state index in [0.29, 0.717) is 0 Å². The van der Waals surface area contributed by atoms with Gasteiger partial charge >= 0.3 is 0 Å². The van der Waals surface area contributed by atoms with Crippen LogP contribution in [-0.4, -0.2) is 11.3 Å². The number of ether oxygens (including phenoxy) is 1. The average molecular weight is 1320 g/mol. The highest BCUT2D eigenvalue weighted by Crippen LogP contribution is 2.55. The van der Waals surface area contributed by atoms with Crippen LogP contribution in [0.4, 0.5) is 17.1 Å². The summed E-state index contributed by atoms with van der Waals surface area (Å²) in [6.07, 6.45) is 0. The number of rotatable bonds is 10.